The second-order valence-electron chi connectivity index (χ2n) is 6.52. The third kappa shape index (κ3) is 3.93. The highest BCUT2D eigenvalue weighted by Gasteiger charge is 2.28. The maximum absolute atomic E-state index is 12.5. The van der Waals surface area contributed by atoms with Gasteiger partial charge in [0.2, 0.25) is 0 Å². The molecular weight excluding hydrogens is 398 g/mol. The molecular formula is C20H16ClN3O5. The third-order valence-electron chi connectivity index (χ3n) is 4.71. The van der Waals surface area contributed by atoms with Crippen LogP contribution >= 0.6 is 11.6 Å². The van der Waals surface area contributed by atoms with Crippen LogP contribution in [0.5, 0.6) is 5.75 Å². The van der Waals surface area contributed by atoms with Crippen LogP contribution in [0.3, 0.4) is 0 Å². The number of carbonyl (C=O) groups excluding carboxylic acids is 1. The highest BCUT2D eigenvalue weighted by molar-refractivity contribution is 6.30. The van der Waals surface area contributed by atoms with Crippen molar-refractivity contribution >= 4 is 23.2 Å². The Bertz CT molecular complexity index is 1060. The van der Waals surface area contributed by atoms with Crippen LogP contribution in [-0.2, 0) is 17.8 Å². The molecule has 0 saturated heterocycles. The molecule has 0 saturated carbocycles. The smallest absolute Gasteiger partial charge is 0.310 e. The molecule has 9 heteroatoms. The highest BCUT2D eigenvalue weighted by atomic mass is 35.5. The van der Waals surface area contributed by atoms with Crippen molar-refractivity contribution in [2.45, 2.75) is 13.0 Å². The van der Waals surface area contributed by atoms with Gasteiger partial charge in [-0.2, -0.15) is 0 Å². The number of ether oxygens (including phenoxy) is 1. The Balaban J connectivity index is 1.43. The molecule has 148 valence electrons. The van der Waals surface area contributed by atoms with Gasteiger partial charge in [-0.15, -0.1) is 0 Å². The second-order valence-corrected chi connectivity index (χ2v) is 6.96. The number of carbonyl (C=O) groups is 1. The van der Waals surface area contributed by atoms with Gasteiger partial charge in [-0.3, -0.25) is 14.9 Å². The molecule has 29 heavy (non-hydrogen) atoms. The molecule has 2 heterocycles. The number of aromatic nitrogens is 1. The number of halogens is 1. The number of rotatable bonds is 5. The summed E-state index contributed by atoms with van der Waals surface area (Å²) in [6.45, 7) is 0.488. The van der Waals surface area contributed by atoms with Gasteiger partial charge in [0.15, 0.2) is 18.1 Å². The molecule has 0 radical (unpaired) electrons. The summed E-state index contributed by atoms with van der Waals surface area (Å²) in [4.78, 5) is 24.6. The first-order chi connectivity index (χ1) is 14.0. The third-order valence-corrected chi connectivity index (χ3v) is 4.97. The number of nitro benzene ring substituents is 1. The van der Waals surface area contributed by atoms with Crippen molar-refractivity contribution in [3.63, 3.8) is 0 Å². The van der Waals surface area contributed by atoms with Crippen LogP contribution in [0, 0.1) is 10.1 Å². The second kappa shape index (κ2) is 7.92. The molecule has 0 atom stereocenters. The molecule has 1 aliphatic rings. The van der Waals surface area contributed by atoms with Gasteiger partial charge in [-0.1, -0.05) is 28.9 Å². The SMILES string of the molecule is O=C(COc1ccccc1[N+](=O)[O-])N1CCc2c(noc2-c2ccc(Cl)cc2)C1. The van der Waals surface area contributed by atoms with E-state index in [4.69, 9.17) is 20.9 Å². The molecule has 1 aromatic heterocycles. The van der Waals surface area contributed by atoms with Crippen molar-refractivity contribution in [2.75, 3.05) is 13.2 Å². The van der Waals surface area contributed by atoms with Gasteiger partial charge in [-0.25, -0.2) is 0 Å². The Morgan fingerprint density at radius 1 is 1.24 bits per heavy atom. The summed E-state index contributed by atoms with van der Waals surface area (Å²) in [7, 11) is 0. The minimum atomic E-state index is -0.541. The monoisotopic (exact) mass is 413 g/mol. The number of hydrogen-bond donors (Lipinski definition) is 0. The molecule has 0 aliphatic carbocycles. The lowest BCUT2D eigenvalue weighted by Gasteiger charge is -2.26. The molecule has 8 nitrogen and oxygen atoms in total. The molecule has 1 amide bonds. The lowest BCUT2D eigenvalue weighted by atomic mass is 10.0. The Morgan fingerprint density at radius 3 is 2.76 bits per heavy atom. The molecule has 3 aromatic rings. The molecule has 0 N–H and O–H groups in total. The predicted molar refractivity (Wildman–Crippen MR) is 105 cm³/mol. The minimum absolute atomic E-state index is 0.0648. The fraction of sp³-hybridized carbons (Fsp3) is 0.200. The van der Waals surface area contributed by atoms with E-state index in [1.807, 2.05) is 12.1 Å². The average molecular weight is 414 g/mol. The van der Waals surface area contributed by atoms with Gasteiger partial charge in [0.1, 0.15) is 5.69 Å². The lowest BCUT2D eigenvalue weighted by molar-refractivity contribution is -0.385. The largest absolute Gasteiger partial charge is 0.477 e. The van der Waals surface area contributed by atoms with Crippen molar-refractivity contribution in [1.82, 2.24) is 10.1 Å². The summed E-state index contributed by atoms with van der Waals surface area (Å²) in [5, 5.41) is 15.8. The van der Waals surface area contributed by atoms with E-state index in [-0.39, 0.29) is 24.0 Å². The fourth-order valence-electron chi connectivity index (χ4n) is 3.23. The van der Waals surface area contributed by atoms with E-state index in [2.05, 4.69) is 5.16 Å². The van der Waals surface area contributed by atoms with E-state index >= 15 is 0 Å². The summed E-state index contributed by atoms with van der Waals surface area (Å²) < 4.78 is 10.9. The molecule has 1 aliphatic heterocycles. The quantitative estimate of drug-likeness (QED) is 0.465. The van der Waals surface area contributed by atoms with Crippen LogP contribution in [0.1, 0.15) is 11.3 Å². The van der Waals surface area contributed by atoms with Crippen LogP contribution in [-0.4, -0.2) is 34.0 Å². The number of para-hydroxylation sites is 2. The van der Waals surface area contributed by atoms with E-state index in [1.165, 1.54) is 12.1 Å². The zero-order chi connectivity index (χ0) is 20.4. The molecule has 2 aromatic carbocycles. The Morgan fingerprint density at radius 2 is 2.00 bits per heavy atom. The molecule has 4 rings (SSSR count). The molecule has 0 fully saturated rings. The normalized spacial score (nSPS) is 13.1. The van der Waals surface area contributed by atoms with Gasteiger partial charge >= 0.3 is 5.69 Å². The Hall–Kier alpha value is -3.39. The van der Waals surface area contributed by atoms with Crippen LogP contribution in [0.15, 0.2) is 53.1 Å². The number of nitrogens with zero attached hydrogens (tertiary/aromatic N) is 3. The molecule has 0 spiro atoms. The fourth-order valence-corrected chi connectivity index (χ4v) is 3.36. The topological polar surface area (TPSA) is 98.7 Å². The Kier molecular flexibility index (Phi) is 5.18. The van der Waals surface area contributed by atoms with Crippen LogP contribution in [0.4, 0.5) is 5.69 Å². The van der Waals surface area contributed by atoms with Crippen LogP contribution in [0.2, 0.25) is 5.02 Å². The van der Waals surface area contributed by atoms with E-state index in [0.717, 1.165) is 11.1 Å². The van der Waals surface area contributed by atoms with E-state index in [0.29, 0.717) is 36.0 Å². The Labute approximate surface area is 170 Å². The molecule has 0 bridgehead atoms. The standard InChI is InChI=1S/C20H16ClN3O5/c21-14-7-5-13(6-8-14)20-15-9-10-23(11-16(15)22-29-20)19(25)12-28-18-4-2-1-3-17(18)24(26)27/h1-8H,9-12H2. The molecule has 0 unspecified atom stereocenters. The maximum Gasteiger partial charge on any atom is 0.310 e. The van der Waals surface area contributed by atoms with Gasteiger partial charge < -0.3 is 14.2 Å². The summed E-state index contributed by atoms with van der Waals surface area (Å²) in [5.41, 5.74) is 2.37. The minimum Gasteiger partial charge on any atom is -0.477 e. The van der Waals surface area contributed by atoms with Crippen molar-refractivity contribution in [3.05, 3.63) is 74.9 Å². The predicted octanol–water partition coefficient (Wildman–Crippen LogP) is 3.87. The summed E-state index contributed by atoms with van der Waals surface area (Å²) >= 11 is 5.93. The zero-order valence-electron chi connectivity index (χ0n) is 15.2. The van der Waals surface area contributed by atoms with Gasteiger partial charge in [0.25, 0.3) is 5.91 Å². The van der Waals surface area contributed by atoms with Crippen molar-refractivity contribution in [2.24, 2.45) is 0 Å². The number of hydrogen-bond acceptors (Lipinski definition) is 6. The van der Waals surface area contributed by atoms with Crippen LogP contribution in [0.25, 0.3) is 11.3 Å². The van der Waals surface area contributed by atoms with Gasteiger partial charge in [0.05, 0.1) is 11.5 Å². The van der Waals surface area contributed by atoms with E-state index < -0.39 is 4.92 Å². The van der Waals surface area contributed by atoms with E-state index in [1.54, 1.807) is 29.2 Å². The average Bonchev–Trinajstić information content (AvgIpc) is 3.16. The zero-order valence-corrected chi connectivity index (χ0v) is 16.0. The van der Waals surface area contributed by atoms with Crippen molar-refractivity contribution in [3.8, 4) is 17.1 Å². The number of amides is 1. The van der Waals surface area contributed by atoms with Crippen molar-refractivity contribution in [1.29, 1.82) is 0 Å². The van der Waals surface area contributed by atoms with Gasteiger partial charge in [0, 0.05) is 28.8 Å². The number of nitro groups is 1. The first-order valence-corrected chi connectivity index (χ1v) is 9.28. The first-order valence-electron chi connectivity index (χ1n) is 8.90. The number of benzene rings is 2. The maximum atomic E-state index is 12.5. The summed E-state index contributed by atoms with van der Waals surface area (Å²) in [6, 6.07) is 13.3. The van der Waals surface area contributed by atoms with E-state index in [9.17, 15) is 14.9 Å². The van der Waals surface area contributed by atoms with Gasteiger partial charge in [-0.05, 0) is 36.8 Å². The summed E-state index contributed by atoms with van der Waals surface area (Å²) in [6.07, 6.45) is 0.591. The van der Waals surface area contributed by atoms with Crippen LogP contribution < -0.4 is 4.74 Å². The van der Waals surface area contributed by atoms with Crippen molar-refractivity contribution < 1.29 is 19.0 Å². The lowest BCUT2D eigenvalue weighted by Crippen LogP contribution is -2.38. The first kappa shape index (κ1) is 18.9. The summed E-state index contributed by atoms with van der Waals surface area (Å²) in [5.74, 6) is 0.472. The highest BCUT2D eigenvalue weighted by Crippen LogP contribution is 2.31. The number of fused-ring (bicyclic) bond motifs is 1.